The normalized spacial score (nSPS) is 11.3. The lowest BCUT2D eigenvalue weighted by Crippen LogP contribution is -2.13. The second-order valence-electron chi connectivity index (χ2n) is 6.09. The molecule has 0 fully saturated rings. The minimum Gasteiger partial charge on any atom is -0.291 e. The second-order valence-corrected chi connectivity index (χ2v) is 6.93. The van der Waals surface area contributed by atoms with E-state index in [-0.39, 0.29) is 11.2 Å². The van der Waals surface area contributed by atoms with E-state index in [4.69, 9.17) is 0 Å². The zero-order valence-electron chi connectivity index (χ0n) is 14.9. The highest BCUT2D eigenvalue weighted by Crippen LogP contribution is 2.25. The highest BCUT2D eigenvalue weighted by atomic mass is 32.1. The zero-order chi connectivity index (χ0) is 18.8. The molecule has 0 aliphatic rings. The van der Waals surface area contributed by atoms with Gasteiger partial charge in [0, 0.05) is 10.9 Å². The predicted molar refractivity (Wildman–Crippen MR) is 108 cm³/mol. The minimum absolute atomic E-state index is 0.265. The third-order valence-corrected chi connectivity index (χ3v) is 4.99. The molecule has 0 aliphatic carbocycles. The summed E-state index contributed by atoms with van der Waals surface area (Å²) in [5.41, 5.74) is 4.25. The largest absolute Gasteiger partial charge is 0.301 e. The number of aryl methyl sites for hydroxylation is 2. The van der Waals surface area contributed by atoms with Crippen molar-refractivity contribution in [3.05, 3.63) is 81.6 Å². The van der Waals surface area contributed by atoms with Crippen LogP contribution < -0.4 is 5.56 Å². The number of hydrogen-bond acceptors (Lipinski definition) is 5. The lowest BCUT2D eigenvalue weighted by atomic mass is 10.2. The molecule has 2 heterocycles. The van der Waals surface area contributed by atoms with Crippen LogP contribution in [0.25, 0.3) is 16.4 Å². The summed E-state index contributed by atoms with van der Waals surface area (Å²) in [6, 6.07) is 17.5. The molecule has 0 saturated heterocycles. The van der Waals surface area contributed by atoms with Crippen LogP contribution in [0.1, 0.15) is 11.3 Å². The summed E-state index contributed by atoms with van der Waals surface area (Å²) in [5, 5.41) is 14.0. The SMILES string of the molecule is Cc1ccccc1N=Nc1c(C)[nH]n(-c2nc(-c3ccccc3)cs2)c1=O. The molecule has 1 N–H and O–H groups in total. The van der Waals surface area contributed by atoms with Crippen LogP contribution in [0.4, 0.5) is 11.4 Å². The molecule has 0 spiro atoms. The molecule has 6 nitrogen and oxygen atoms in total. The maximum absolute atomic E-state index is 12.8. The number of azo groups is 1. The van der Waals surface area contributed by atoms with Gasteiger partial charge in [-0.1, -0.05) is 48.5 Å². The molecular formula is C20H17N5OS. The molecule has 0 radical (unpaired) electrons. The van der Waals surface area contributed by atoms with Crippen molar-refractivity contribution in [3.63, 3.8) is 0 Å². The third-order valence-electron chi connectivity index (χ3n) is 4.17. The number of nitrogens with one attached hydrogen (secondary N) is 1. The highest BCUT2D eigenvalue weighted by molar-refractivity contribution is 7.12. The summed E-state index contributed by atoms with van der Waals surface area (Å²) in [6.07, 6.45) is 0. The quantitative estimate of drug-likeness (QED) is 0.490. The van der Waals surface area contributed by atoms with Crippen LogP contribution in [-0.2, 0) is 0 Å². The standard InChI is InChI=1S/C20H17N5OS/c1-13-8-6-7-11-16(13)22-23-18-14(2)24-25(19(18)26)20-21-17(12-27-20)15-9-4-3-5-10-15/h3-12,24H,1-2H3. The van der Waals surface area contributed by atoms with E-state index in [0.717, 1.165) is 22.5 Å². The van der Waals surface area contributed by atoms with Crippen molar-refractivity contribution in [2.24, 2.45) is 10.2 Å². The van der Waals surface area contributed by atoms with Gasteiger partial charge in [0.25, 0.3) is 0 Å². The number of aromatic amines is 1. The molecule has 4 aromatic rings. The fraction of sp³-hybridized carbons (Fsp3) is 0.100. The van der Waals surface area contributed by atoms with Crippen LogP contribution in [0, 0.1) is 13.8 Å². The molecule has 2 aromatic carbocycles. The van der Waals surface area contributed by atoms with Crippen molar-refractivity contribution in [1.82, 2.24) is 14.8 Å². The average molecular weight is 375 g/mol. The Morgan fingerprint density at radius 1 is 1.00 bits per heavy atom. The molecule has 0 amide bonds. The number of nitrogens with zero attached hydrogens (tertiary/aromatic N) is 4. The van der Waals surface area contributed by atoms with E-state index in [9.17, 15) is 4.79 Å². The first-order chi connectivity index (χ1) is 13.1. The first-order valence-electron chi connectivity index (χ1n) is 8.44. The molecule has 134 valence electrons. The Balaban J connectivity index is 1.69. The van der Waals surface area contributed by atoms with E-state index in [1.807, 2.05) is 66.9 Å². The molecule has 7 heteroatoms. The minimum atomic E-state index is -0.265. The first-order valence-corrected chi connectivity index (χ1v) is 9.32. The van der Waals surface area contributed by atoms with Crippen molar-refractivity contribution in [1.29, 1.82) is 0 Å². The Kier molecular flexibility index (Phi) is 4.52. The van der Waals surface area contributed by atoms with Gasteiger partial charge >= 0.3 is 5.56 Å². The maximum atomic E-state index is 12.8. The van der Waals surface area contributed by atoms with E-state index >= 15 is 0 Å². The lowest BCUT2D eigenvalue weighted by Gasteiger charge is -1.96. The van der Waals surface area contributed by atoms with Gasteiger partial charge in [0.15, 0.2) is 5.69 Å². The van der Waals surface area contributed by atoms with E-state index in [1.54, 1.807) is 6.92 Å². The summed E-state index contributed by atoms with van der Waals surface area (Å²) in [5.74, 6) is 0. The Bertz CT molecular complexity index is 1170. The number of hydrogen-bond donors (Lipinski definition) is 1. The molecular weight excluding hydrogens is 358 g/mol. The highest BCUT2D eigenvalue weighted by Gasteiger charge is 2.15. The van der Waals surface area contributed by atoms with Gasteiger partial charge in [-0.2, -0.15) is 9.80 Å². The molecule has 0 saturated carbocycles. The molecule has 0 aliphatic heterocycles. The fourth-order valence-corrected chi connectivity index (χ4v) is 3.47. The van der Waals surface area contributed by atoms with Crippen LogP contribution in [0.15, 0.2) is 75.0 Å². The smallest absolute Gasteiger partial charge is 0.291 e. The summed E-state index contributed by atoms with van der Waals surface area (Å²) < 4.78 is 1.42. The Labute approximate surface area is 159 Å². The molecule has 4 rings (SSSR count). The van der Waals surface area contributed by atoms with Gasteiger partial charge in [0.05, 0.1) is 17.1 Å². The number of H-pyrrole nitrogens is 1. The van der Waals surface area contributed by atoms with Crippen LogP contribution in [-0.4, -0.2) is 14.8 Å². The number of rotatable bonds is 4. The lowest BCUT2D eigenvalue weighted by molar-refractivity contribution is 0.827. The molecule has 0 unspecified atom stereocenters. The van der Waals surface area contributed by atoms with Gasteiger partial charge in [-0.15, -0.1) is 16.5 Å². The van der Waals surface area contributed by atoms with Crippen LogP contribution >= 0.6 is 11.3 Å². The van der Waals surface area contributed by atoms with E-state index < -0.39 is 0 Å². The molecule has 0 bridgehead atoms. The number of thiazole rings is 1. The van der Waals surface area contributed by atoms with E-state index in [2.05, 4.69) is 20.3 Å². The molecule has 2 aromatic heterocycles. The van der Waals surface area contributed by atoms with Gasteiger partial charge < -0.3 is 0 Å². The summed E-state index contributed by atoms with van der Waals surface area (Å²) in [6.45, 7) is 3.76. The number of aromatic nitrogens is 3. The van der Waals surface area contributed by atoms with Crippen molar-refractivity contribution in [2.75, 3.05) is 0 Å². The Morgan fingerprint density at radius 3 is 2.52 bits per heavy atom. The van der Waals surface area contributed by atoms with E-state index in [1.165, 1.54) is 16.0 Å². The second kappa shape index (κ2) is 7.13. The van der Waals surface area contributed by atoms with Crippen molar-refractivity contribution in [2.45, 2.75) is 13.8 Å². The van der Waals surface area contributed by atoms with Crippen molar-refractivity contribution >= 4 is 22.7 Å². The van der Waals surface area contributed by atoms with Crippen molar-refractivity contribution < 1.29 is 0 Å². The van der Waals surface area contributed by atoms with Crippen LogP contribution in [0.3, 0.4) is 0 Å². The van der Waals surface area contributed by atoms with Gasteiger partial charge in [-0.3, -0.25) is 9.89 Å². The molecule has 27 heavy (non-hydrogen) atoms. The van der Waals surface area contributed by atoms with Gasteiger partial charge in [0.2, 0.25) is 5.13 Å². The van der Waals surface area contributed by atoms with E-state index in [0.29, 0.717) is 10.8 Å². The van der Waals surface area contributed by atoms with Crippen LogP contribution in [0.5, 0.6) is 0 Å². The topological polar surface area (TPSA) is 75.4 Å². The monoisotopic (exact) mass is 375 g/mol. The Hall–Kier alpha value is -3.32. The Morgan fingerprint density at radius 2 is 1.74 bits per heavy atom. The van der Waals surface area contributed by atoms with Gasteiger partial charge in [0.1, 0.15) is 0 Å². The van der Waals surface area contributed by atoms with Gasteiger partial charge in [-0.05, 0) is 25.5 Å². The summed E-state index contributed by atoms with van der Waals surface area (Å²) >= 11 is 1.40. The van der Waals surface area contributed by atoms with Crippen molar-refractivity contribution in [3.8, 4) is 16.4 Å². The molecule has 0 atom stereocenters. The van der Waals surface area contributed by atoms with Crippen LogP contribution in [0.2, 0.25) is 0 Å². The fourth-order valence-electron chi connectivity index (χ4n) is 2.68. The summed E-state index contributed by atoms with van der Waals surface area (Å²) in [4.78, 5) is 17.4. The van der Waals surface area contributed by atoms with Gasteiger partial charge in [-0.25, -0.2) is 4.98 Å². The zero-order valence-corrected chi connectivity index (χ0v) is 15.7. The summed E-state index contributed by atoms with van der Waals surface area (Å²) in [7, 11) is 0. The first kappa shape index (κ1) is 17.1. The third kappa shape index (κ3) is 3.37. The average Bonchev–Trinajstić information content (AvgIpc) is 3.27. The maximum Gasteiger partial charge on any atom is 0.301 e. The predicted octanol–water partition coefficient (Wildman–Crippen LogP) is 5.32. The number of benzene rings is 2.